The van der Waals surface area contributed by atoms with E-state index in [1.54, 1.807) is 7.11 Å². The van der Waals surface area contributed by atoms with Crippen LogP contribution in [0, 0.1) is 5.92 Å². The molecule has 0 aromatic heterocycles. The number of benzene rings is 2. The Morgan fingerprint density at radius 2 is 1.93 bits per heavy atom. The molecule has 28 heavy (non-hydrogen) atoms. The predicted molar refractivity (Wildman–Crippen MR) is 111 cm³/mol. The standard InChI is InChI=1S/C22H25ClN2O3/c1-27-20-6-4-19(5-7-20)24-9-2-10-25(12-11-24)22(26)17-13-16-14-18(23)3-8-21(16)28-15-17/h3-8,14,17H,2,9-13,15H2,1H3. The fourth-order valence-electron chi connectivity index (χ4n) is 3.97. The molecule has 148 valence electrons. The number of methoxy groups -OCH3 is 1. The molecule has 2 aromatic carbocycles. The van der Waals surface area contributed by atoms with E-state index in [2.05, 4.69) is 17.0 Å². The van der Waals surface area contributed by atoms with E-state index in [-0.39, 0.29) is 11.8 Å². The van der Waals surface area contributed by atoms with Gasteiger partial charge in [0.05, 0.1) is 13.0 Å². The van der Waals surface area contributed by atoms with Gasteiger partial charge in [0.1, 0.15) is 18.1 Å². The second-order valence-electron chi connectivity index (χ2n) is 7.33. The second kappa shape index (κ2) is 8.31. The number of nitrogens with zero attached hydrogens (tertiary/aromatic N) is 2. The molecule has 0 bridgehead atoms. The van der Waals surface area contributed by atoms with E-state index in [1.165, 1.54) is 5.69 Å². The van der Waals surface area contributed by atoms with Gasteiger partial charge in [-0.3, -0.25) is 4.79 Å². The van der Waals surface area contributed by atoms with Gasteiger partial charge in [0.25, 0.3) is 0 Å². The van der Waals surface area contributed by atoms with E-state index in [9.17, 15) is 4.79 Å². The molecule has 2 aliphatic heterocycles. The van der Waals surface area contributed by atoms with Crippen LogP contribution in [0.1, 0.15) is 12.0 Å². The van der Waals surface area contributed by atoms with E-state index >= 15 is 0 Å². The number of carbonyl (C=O) groups is 1. The van der Waals surface area contributed by atoms with E-state index < -0.39 is 0 Å². The van der Waals surface area contributed by atoms with Crippen LogP contribution in [0.3, 0.4) is 0 Å². The monoisotopic (exact) mass is 400 g/mol. The minimum Gasteiger partial charge on any atom is -0.497 e. The van der Waals surface area contributed by atoms with E-state index in [1.807, 2.05) is 35.2 Å². The zero-order chi connectivity index (χ0) is 19.5. The van der Waals surface area contributed by atoms with E-state index in [0.717, 1.165) is 49.7 Å². The molecule has 1 fully saturated rings. The predicted octanol–water partition coefficient (Wildman–Crippen LogP) is 3.64. The smallest absolute Gasteiger partial charge is 0.229 e. The van der Waals surface area contributed by atoms with Crippen molar-refractivity contribution >= 4 is 23.2 Å². The maximum Gasteiger partial charge on any atom is 0.229 e. The van der Waals surface area contributed by atoms with Gasteiger partial charge in [-0.2, -0.15) is 0 Å². The number of rotatable bonds is 3. The fraction of sp³-hybridized carbons (Fsp3) is 0.409. The Kier molecular flexibility index (Phi) is 5.62. The largest absolute Gasteiger partial charge is 0.497 e. The van der Waals surface area contributed by atoms with Gasteiger partial charge in [0, 0.05) is 36.9 Å². The number of amides is 1. The highest BCUT2D eigenvalue weighted by Gasteiger charge is 2.30. The third kappa shape index (κ3) is 4.04. The summed E-state index contributed by atoms with van der Waals surface area (Å²) in [6.07, 6.45) is 1.64. The van der Waals surface area contributed by atoms with Crippen LogP contribution >= 0.6 is 11.6 Å². The average Bonchev–Trinajstić information content (AvgIpc) is 2.99. The van der Waals surface area contributed by atoms with Crippen molar-refractivity contribution in [2.45, 2.75) is 12.8 Å². The summed E-state index contributed by atoms with van der Waals surface area (Å²) in [5, 5.41) is 0.681. The number of carbonyl (C=O) groups excluding carboxylic acids is 1. The van der Waals surface area contributed by atoms with Gasteiger partial charge in [-0.15, -0.1) is 0 Å². The zero-order valence-corrected chi connectivity index (χ0v) is 16.8. The number of anilines is 1. The first-order valence-electron chi connectivity index (χ1n) is 9.73. The minimum absolute atomic E-state index is 0.140. The van der Waals surface area contributed by atoms with Crippen LogP contribution in [0.15, 0.2) is 42.5 Å². The Hall–Kier alpha value is -2.40. The summed E-state index contributed by atoms with van der Waals surface area (Å²) in [5.41, 5.74) is 2.19. The fourth-order valence-corrected chi connectivity index (χ4v) is 4.16. The maximum absolute atomic E-state index is 13.1. The second-order valence-corrected chi connectivity index (χ2v) is 7.76. The highest BCUT2D eigenvalue weighted by molar-refractivity contribution is 6.30. The van der Waals surface area contributed by atoms with Gasteiger partial charge in [0.15, 0.2) is 0 Å². The van der Waals surface area contributed by atoms with Crippen LogP contribution in [0.2, 0.25) is 5.02 Å². The van der Waals surface area contributed by atoms with Crippen LogP contribution in [0.5, 0.6) is 11.5 Å². The summed E-state index contributed by atoms with van der Waals surface area (Å²) in [4.78, 5) is 17.4. The highest BCUT2D eigenvalue weighted by atomic mass is 35.5. The van der Waals surface area contributed by atoms with Crippen molar-refractivity contribution in [3.05, 3.63) is 53.1 Å². The molecule has 0 N–H and O–H groups in total. The SMILES string of the molecule is COc1ccc(N2CCCN(C(=O)C3COc4ccc(Cl)cc4C3)CC2)cc1. The van der Waals surface area contributed by atoms with Crippen molar-refractivity contribution in [1.82, 2.24) is 4.90 Å². The molecule has 6 heteroatoms. The molecule has 0 aliphatic carbocycles. The molecule has 1 unspecified atom stereocenters. The molecule has 2 heterocycles. The molecule has 1 atom stereocenters. The lowest BCUT2D eigenvalue weighted by atomic mass is 9.95. The van der Waals surface area contributed by atoms with Gasteiger partial charge in [-0.1, -0.05) is 11.6 Å². The molecule has 2 aliphatic rings. The average molecular weight is 401 g/mol. The number of halogens is 1. The Morgan fingerprint density at radius 3 is 2.71 bits per heavy atom. The molecule has 0 spiro atoms. The van der Waals surface area contributed by atoms with Gasteiger partial charge in [-0.25, -0.2) is 0 Å². The molecule has 1 saturated heterocycles. The minimum atomic E-state index is -0.140. The van der Waals surface area contributed by atoms with Crippen molar-refractivity contribution in [1.29, 1.82) is 0 Å². The van der Waals surface area contributed by atoms with Crippen molar-refractivity contribution in [2.24, 2.45) is 5.92 Å². The van der Waals surface area contributed by atoms with Gasteiger partial charge in [-0.05, 0) is 60.9 Å². The first kappa shape index (κ1) is 18.9. The zero-order valence-electron chi connectivity index (χ0n) is 16.1. The summed E-state index contributed by atoms with van der Waals surface area (Å²) >= 11 is 6.10. The Balaban J connectivity index is 1.39. The molecule has 0 radical (unpaired) electrons. The van der Waals surface area contributed by atoms with Crippen molar-refractivity contribution < 1.29 is 14.3 Å². The number of hydrogen-bond donors (Lipinski definition) is 0. The summed E-state index contributed by atoms with van der Waals surface area (Å²) in [7, 11) is 1.67. The van der Waals surface area contributed by atoms with Gasteiger partial charge < -0.3 is 19.3 Å². The quantitative estimate of drug-likeness (QED) is 0.788. The first-order valence-corrected chi connectivity index (χ1v) is 10.1. The topological polar surface area (TPSA) is 42.0 Å². The van der Waals surface area contributed by atoms with Crippen LogP contribution in [0.4, 0.5) is 5.69 Å². The van der Waals surface area contributed by atoms with Gasteiger partial charge >= 0.3 is 0 Å². The van der Waals surface area contributed by atoms with Crippen molar-refractivity contribution in [3.8, 4) is 11.5 Å². The normalized spacial score (nSPS) is 19.4. The lowest BCUT2D eigenvalue weighted by Gasteiger charge is -2.30. The summed E-state index contributed by atoms with van der Waals surface area (Å²) in [5.74, 6) is 1.74. The van der Waals surface area contributed by atoms with E-state index in [4.69, 9.17) is 21.1 Å². The third-order valence-corrected chi connectivity index (χ3v) is 5.76. The molecular weight excluding hydrogens is 376 g/mol. The maximum atomic E-state index is 13.1. The summed E-state index contributed by atoms with van der Waals surface area (Å²) in [6, 6.07) is 13.7. The molecule has 0 saturated carbocycles. The van der Waals surface area contributed by atoms with Crippen molar-refractivity contribution in [2.75, 3.05) is 44.8 Å². The molecule has 5 nitrogen and oxygen atoms in total. The molecule has 2 aromatic rings. The lowest BCUT2D eigenvalue weighted by Crippen LogP contribution is -2.42. The van der Waals surface area contributed by atoms with E-state index in [0.29, 0.717) is 18.1 Å². The molecule has 1 amide bonds. The van der Waals surface area contributed by atoms with Crippen LogP contribution in [0.25, 0.3) is 0 Å². The Labute approximate surface area is 170 Å². The van der Waals surface area contributed by atoms with Crippen LogP contribution < -0.4 is 14.4 Å². The number of fused-ring (bicyclic) bond motifs is 1. The van der Waals surface area contributed by atoms with Crippen LogP contribution in [-0.4, -0.2) is 50.7 Å². The summed E-state index contributed by atoms with van der Waals surface area (Å²) in [6.45, 7) is 3.71. The number of hydrogen-bond acceptors (Lipinski definition) is 4. The highest BCUT2D eigenvalue weighted by Crippen LogP contribution is 2.31. The van der Waals surface area contributed by atoms with Crippen molar-refractivity contribution in [3.63, 3.8) is 0 Å². The summed E-state index contributed by atoms with van der Waals surface area (Å²) < 4.78 is 11.1. The number of ether oxygens (including phenoxy) is 2. The first-order chi connectivity index (χ1) is 13.6. The van der Waals surface area contributed by atoms with Gasteiger partial charge in [0.2, 0.25) is 5.91 Å². The lowest BCUT2D eigenvalue weighted by molar-refractivity contribution is -0.136. The Bertz CT molecular complexity index is 840. The molecule has 4 rings (SSSR count). The molecular formula is C22H25ClN2O3. The Morgan fingerprint density at radius 1 is 1.11 bits per heavy atom. The van der Waals surface area contributed by atoms with Crippen LogP contribution in [-0.2, 0) is 11.2 Å². The third-order valence-electron chi connectivity index (χ3n) is 5.52.